The molecule has 1 aromatic carbocycles. The molecule has 0 spiro atoms. The van der Waals surface area contributed by atoms with Gasteiger partial charge in [0.1, 0.15) is 17.6 Å². The van der Waals surface area contributed by atoms with Crippen LogP contribution in [-0.2, 0) is 22.5 Å². The Morgan fingerprint density at radius 2 is 1.84 bits per heavy atom. The number of carbonyl (C=O) groups excluding carboxylic acids is 2. The van der Waals surface area contributed by atoms with Crippen molar-refractivity contribution in [2.75, 3.05) is 20.3 Å². The van der Waals surface area contributed by atoms with Gasteiger partial charge in [-0.15, -0.1) is 0 Å². The molecule has 234 valence electrons. The second-order valence-electron chi connectivity index (χ2n) is 11.0. The molecule has 3 aromatic rings. The quantitative estimate of drug-likeness (QED) is 0.202. The van der Waals surface area contributed by atoms with E-state index in [1.807, 2.05) is 44.2 Å². The van der Waals surface area contributed by atoms with E-state index in [4.69, 9.17) is 9.73 Å². The molecule has 0 saturated heterocycles. The number of pyridine rings is 1. The largest absolute Gasteiger partial charge is 0.383 e. The van der Waals surface area contributed by atoms with Crippen LogP contribution in [0.2, 0.25) is 0 Å². The highest BCUT2D eigenvalue weighted by atomic mass is 16.5. The number of carbonyl (C=O) groups is 2. The van der Waals surface area contributed by atoms with Crippen LogP contribution in [0.1, 0.15) is 79.2 Å². The van der Waals surface area contributed by atoms with Crippen LogP contribution in [0.25, 0.3) is 0 Å². The summed E-state index contributed by atoms with van der Waals surface area (Å²) in [5.41, 5.74) is 2.24. The van der Waals surface area contributed by atoms with Gasteiger partial charge in [0, 0.05) is 44.4 Å². The number of aliphatic imine (C=N–C) groups is 1. The molecular weight excluding hydrogens is 560 g/mol. The van der Waals surface area contributed by atoms with E-state index in [9.17, 15) is 19.2 Å². The maximum absolute atomic E-state index is 13.3. The van der Waals surface area contributed by atoms with Crippen molar-refractivity contribution >= 4 is 23.3 Å². The lowest BCUT2D eigenvalue weighted by Gasteiger charge is -2.19. The monoisotopic (exact) mass is 602 g/mol. The molecule has 0 bridgehead atoms. The van der Waals surface area contributed by atoms with Gasteiger partial charge in [0.2, 0.25) is 5.91 Å². The number of hydrogen-bond donors (Lipinski definition) is 2. The Labute approximate surface area is 257 Å². The number of amides is 2. The molecule has 11 heteroatoms. The zero-order valence-corrected chi connectivity index (χ0v) is 26.0. The third kappa shape index (κ3) is 7.96. The molecule has 2 aromatic heterocycles. The smallest absolute Gasteiger partial charge is 0.332 e. The number of aromatic nitrogens is 3. The minimum absolute atomic E-state index is 0.0310. The van der Waals surface area contributed by atoms with Crippen molar-refractivity contribution in [3.8, 4) is 0 Å². The van der Waals surface area contributed by atoms with Gasteiger partial charge in [-0.25, -0.2) is 9.79 Å². The molecular formula is C33H42N6O5. The van der Waals surface area contributed by atoms with Gasteiger partial charge < -0.3 is 15.4 Å². The molecule has 4 rings (SSSR count). The molecule has 1 atom stereocenters. The minimum Gasteiger partial charge on any atom is -0.383 e. The lowest BCUT2D eigenvalue weighted by molar-refractivity contribution is -0.123. The van der Waals surface area contributed by atoms with Gasteiger partial charge in [-0.05, 0) is 50.3 Å². The number of rotatable bonds is 15. The zero-order chi connectivity index (χ0) is 31.6. The highest BCUT2D eigenvalue weighted by Crippen LogP contribution is 2.33. The van der Waals surface area contributed by atoms with Crippen LogP contribution in [0, 0.1) is 6.92 Å². The summed E-state index contributed by atoms with van der Waals surface area (Å²) >= 11 is 0. The van der Waals surface area contributed by atoms with Gasteiger partial charge in [0.15, 0.2) is 0 Å². The average Bonchev–Trinajstić information content (AvgIpc) is 3.87. The van der Waals surface area contributed by atoms with Crippen molar-refractivity contribution in [1.29, 1.82) is 0 Å². The van der Waals surface area contributed by atoms with Gasteiger partial charge in [-0.2, -0.15) is 0 Å². The van der Waals surface area contributed by atoms with Crippen molar-refractivity contribution in [1.82, 2.24) is 24.8 Å². The Morgan fingerprint density at radius 1 is 1.09 bits per heavy atom. The Kier molecular flexibility index (Phi) is 11.4. The Morgan fingerprint density at radius 3 is 2.45 bits per heavy atom. The second kappa shape index (κ2) is 15.4. The summed E-state index contributed by atoms with van der Waals surface area (Å²) in [6.07, 6.45) is 5.63. The molecule has 2 heterocycles. The van der Waals surface area contributed by atoms with E-state index in [1.165, 1.54) is 4.57 Å². The summed E-state index contributed by atoms with van der Waals surface area (Å²) < 4.78 is 8.00. The van der Waals surface area contributed by atoms with E-state index in [0.717, 1.165) is 31.2 Å². The lowest BCUT2D eigenvalue weighted by atomic mass is 10.0. The van der Waals surface area contributed by atoms with E-state index < -0.39 is 11.9 Å². The topological polar surface area (TPSA) is 137 Å². The number of hydrogen-bond acceptors (Lipinski definition) is 7. The minimum atomic E-state index is -0.809. The number of benzene rings is 1. The van der Waals surface area contributed by atoms with Crippen molar-refractivity contribution < 1.29 is 14.3 Å². The molecule has 1 aliphatic carbocycles. The van der Waals surface area contributed by atoms with Crippen LogP contribution in [-0.4, -0.2) is 57.9 Å². The molecule has 2 N–H and O–H groups in total. The van der Waals surface area contributed by atoms with Gasteiger partial charge in [-0.3, -0.25) is 28.5 Å². The summed E-state index contributed by atoms with van der Waals surface area (Å²) in [5, 5.41) is 5.62. The Bertz CT molecular complexity index is 1590. The van der Waals surface area contributed by atoms with Gasteiger partial charge >= 0.3 is 5.69 Å². The van der Waals surface area contributed by atoms with E-state index in [2.05, 4.69) is 15.6 Å². The second-order valence-corrected chi connectivity index (χ2v) is 11.0. The molecule has 1 saturated carbocycles. The molecule has 1 aliphatic rings. The first-order chi connectivity index (χ1) is 21.3. The number of ether oxygens (including phenoxy) is 1. The molecule has 1 fully saturated rings. The zero-order valence-electron chi connectivity index (χ0n) is 26.0. The van der Waals surface area contributed by atoms with E-state index in [1.54, 1.807) is 36.9 Å². The highest BCUT2D eigenvalue weighted by molar-refractivity contribution is 6.02. The summed E-state index contributed by atoms with van der Waals surface area (Å²) in [5.74, 6) is -0.428. The standard InChI is InChI=1S/C33H42N6O5/c1-5-10-26(36-29-22(3)32(42)39(25-14-15-25)33(43)38(29)18-6-2)24-13-16-27(35-21-24)31(41)37-28(30(40)34-17-19-44-4)20-23-11-8-7-9-12-23/h7-9,11-13,16,21,25,28H,5-6,10,14-15,17-20H2,1-4H3,(H,34,40)(H,37,41). The van der Waals surface area contributed by atoms with E-state index >= 15 is 0 Å². The lowest BCUT2D eigenvalue weighted by Crippen LogP contribution is -2.48. The molecule has 11 nitrogen and oxygen atoms in total. The molecule has 0 aliphatic heterocycles. The summed E-state index contributed by atoms with van der Waals surface area (Å²) in [4.78, 5) is 61.9. The molecule has 0 radical (unpaired) electrons. The molecule has 2 amide bonds. The van der Waals surface area contributed by atoms with Crippen LogP contribution >= 0.6 is 0 Å². The van der Waals surface area contributed by atoms with Crippen molar-refractivity contribution in [2.24, 2.45) is 4.99 Å². The fourth-order valence-corrected chi connectivity index (χ4v) is 5.03. The fraction of sp³-hybridized carbons (Fsp3) is 0.455. The van der Waals surface area contributed by atoms with Crippen LogP contribution in [0.15, 0.2) is 63.2 Å². The van der Waals surface area contributed by atoms with E-state index in [-0.39, 0.29) is 28.9 Å². The molecule has 1 unspecified atom stereocenters. The Hall–Kier alpha value is -4.38. The summed E-state index contributed by atoms with van der Waals surface area (Å²) in [6.45, 7) is 6.85. The van der Waals surface area contributed by atoms with Crippen molar-refractivity contribution in [3.05, 3.63) is 91.9 Å². The Balaban J connectivity index is 1.60. The first-order valence-electron chi connectivity index (χ1n) is 15.3. The fourth-order valence-electron chi connectivity index (χ4n) is 5.03. The van der Waals surface area contributed by atoms with Crippen LogP contribution in [0.4, 0.5) is 5.82 Å². The first-order valence-corrected chi connectivity index (χ1v) is 15.3. The van der Waals surface area contributed by atoms with Crippen molar-refractivity contribution in [3.63, 3.8) is 0 Å². The van der Waals surface area contributed by atoms with Gasteiger partial charge in [0.25, 0.3) is 11.5 Å². The van der Waals surface area contributed by atoms with Crippen LogP contribution < -0.4 is 21.9 Å². The highest BCUT2D eigenvalue weighted by Gasteiger charge is 2.30. The summed E-state index contributed by atoms with van der Waals surface area (Å²) in [7, 11) is 1.55. The normalized spacial score (nSPS) is 13.9. The third-order valence-electron chi connectivity index (χ3n) is 7.49. The molecule has 44 heavy (non-hydrogen) atoms. The number of methoxy groups -OCH3 is 1. The third-order valence-corrected chi connectivity index (χ3v) is 7.49. The van der Waals surface area contributed by atoms with Crippen LogP contribution in [0.5, 0.6) is 0 Å². The first kappa shape index (κ1) is 32.5. The SMILES string of the molecule is CCCC(=Nc1c(C)c(=O)n(C2CC2)c(=O)n1CCC)c1ccc(C(=O)NC(Cc2ccccc2)C(=O)NCCOC)nc1. The van der Waals surface area contributed by atoms with Gasteiger partial charge in [-0.1, -0.05) is 50.6 Å². The van der Waals surface area contributed by atoms with Crippen molar-refractivity contribution in [2.45, 2.75) is 77.9 Å². The number of nitrogens with zero attached hydrogens (tertiary/aromatic N) is 4. The summed E-state index contributed by atoms with van der Waals surface area (Å²) in [6, 6.07) is 12.0. The maximum Gasteiger partial charge on any atom is 0.332 e. The number of nitrogens with one attached hydrogen (secondary N) is 2. The maximum atomic E-state index is 13.3. The van der Waals surface area contributed by atoms with E-state index in [0.29, 0.717) is 55.2 Å². The predicted octanol–water partition coefficient (Wildman–Crippen LogP) is 3.48. The predicted molar refractivity (Wildman–Crippen MR) is 170 cm³/mol. The van der Waals surface area contributed by atoms with Gasteiger partial charge in [0.05, 0.1) is 17.9 Å². The van der Waals surface area contributed by atoms with Crippen LogP contribution in [0.3, 0.4) is 0 Å². The average molecular weight is 603 g/mol.